The first-order valence-corrected chi connectivity index (χ1v) is 7.78. The average Bonchev–Trinajstić information content (AvgIpc) is 3.02. The van der Waals surface area contributed by atoms with Gasteiger partial charge in [0.25, 0.3) is 0 Å². The molecule has 2 atom stereocenters. The van der Waals surface area contributed by atoms with Crippen LogP contribution in [0.3, 0.4) is 0 Å². The molecule has 0 bridgehead atoms. The van der Waals surface area contributed by atoms with Crippen molar-refractivity contribution in [1.82, 2.24) is 9.80 Å². The summed E-state index contributed by atoms with van der Waals surface area (Å²) in [7, 11) is 4.66. The topological polar surface area (TPSA) is 59.1 Å². The van der Waals surface area contributed by atoms with Crippen molar-refractivity contribution < 1.29 is 19.1 Å². The highest BCUT2D eigenvalue weighted by Gasteiger charge is 2.50. The van der Waals surface area contributed by atoms with Gasteiger partial charge in [0.05, 0.1) is 31.1 Å². The molecule has 2 amide bonds. The molecule has 7 heteroatoms. The molecule has 2 fully saturated rings. The normalized spacial score (nSPS) is 24.3. The quantitative estimate of drug-likeness (QED) is 0.777. The molecule has 2 saturated heterocycles. The van der Waals surface area contributed by atoms with E-state index in [0.29, 0.717) is 36.2 Å². The number of methoxy groups -OCH3 is 2. The van der Waals surface area contributed by atoms with E-state index in [9.17, 15) is 9.59 Å². The van der Waals surface area contributed by atoms with Gasteiger partial charge in [0.1, 0.15) is 0 Å². The van der Waals surface area contributed by atoms with E-state index in [1.54, 1.807) is 21.3 Å². The summed E-state index contributed by atoms with van der Waals surface area (Å²) < 4.78 is 10.5. The molecule has 2 aliphatic heterocycles. The lowest BCUT2D eigenvalue weighted by molar-refractivity contribution is -0.138. The largest absolute Gasteiger partial charge is 0.493 e. The van der Waals surface area contributed by atoms with Crippen LogP contribution in [-0.2, 0) is 16.1 Å². The SMILES string of the molecule is COc1cc(CN2C[C@@H]3C(=O)N(C)C(=O)[C@@H]3C2)cc(Cl)c1OC. The average molecular weight is 339 g/mol. The number of amides is 2. The van der Waals surface area contributed by atoms with Gasteiger partial charge in [-0.1, -0.05) is 11.6 Å². The molecule has 124 valence electrons. The van der Waals surface area contributed by atoms with E-state index in [2.05, 4.69) is 4.90 Å². The minimum Gasteiger partial charge on any atom is -0.493 e. The van der Waals surface area contributed by atoms with E-state index in [1.807, 2.05) is 12.1 Å². The summed E-state index contributed by atoms with van der Waals surface area (Å²) in [5.41, 5.74) is 0.959. The van der Waals surface area contributed by atoms with Crippen molar-refractivity contribution in [3.63, 3.8) is 0 Å². The first kappa shape index (κ1) is 16.1. The minimum atomic E-state index is -0.219. The van der Waals surface area contributed by atoms with Crippen molar-refractivity contribution in [3.8, 4) is 11.5 Å². The highest BCUT2D eigenvalue weighted by Crippen LogP contribution is 2.38. The Hall–Kier alpha value is -1.79. The van der Waals surface area contributed by atoms with Crippen LogP contribution in [0.2, 0.25) is 5.02 Å². The fraction of sp³-hybridized carbons (Fsp3) is 0.500. The third-order valence-corrected chi connectivity index (χ3v) is 4.87. The van der Waals surface area contributed by atoms with Gasteiger partial charge in [-0.2, -0.15) is 0 Å². The van der Waals surface area contributed by atoms with Crippen LogP contribution in [-0.4, -0.2) is 56.0 Å². The van der Waals surface area contributed by atoms with Gasteiger partial charge in [-0.25, -0.2) is 0 Å². The molecule has 0 spiro atoms. The van der Waals surface area contributed by atoms with Gasteiger partial charge in [-0.3, -0.25) is 19.4 Å². The second-order valence-electron chi connectivity index (χ2n) is 5.96. The van der Waals surface area contributed by atoms with Crippen molar-refractivity contribution >= 4 is 23.4 Å². The van der Waals surface area contributed by atoms with Gasteiger partial charge in [0.15, 0.2) is 11.5 Å². The molecule has 0 aliphatic carbocycles. The Morgan fingerprint density at radius 3 is 2.26 bits per heavy atom. The van der Waals surface area contributed by atoms with E-state index < -0.39 is 0 Å². The zero-order valence-electron chi connectivity index (χ0n) is 13.3. The van der Waals surface area contributed by atoms with Crippen LogP contribution in [0.5, 0.6) is 11.5 Å². The lowest BCUT2D eigenvalue weighted by Gasteiger charge is -2.19. The molecular weight excluding hydrogens is 320 g/mol. The third-order valence-electron chi connectivity index (χ3n) is 4.59. The number of ether oxygens (including phenoxy) is 2. The van der Waals surface area contributed by atoms with Gasteiger partial charge in [0, 0.05) is 26.7 Å². The van der Waals surface area contributed by atoms with Gasteiger partial charge >= 0.3 is 0 Å². The maximum atomic E-state index is 12.1. The zero-order chi connectivity index (χ0) is 16.7. The maximum absolute atomic E-state index is 12.1. The number of hydrogen-bond acceptors (Lipinski definition) is 5. The van der Waals surface area contributed by atoms with Gasteiger partial charge < -0.3 is 9.47 Å². The van der Waals surface area contributed by atoms with Crippen LogP contribution < -0.4 is 9.47 Å². The van der Waals surface area contributed by atoms with Crippen molar-refractivity contribution in [1.29, 1.82) is 0 Å². The number of hydrogen-bond donors (Lipinski definition) is 0. The number of carbonyl (C=O) groups is 2. The summed E-state index contributed by atoms with van der Waals surface area (Å²) in [5, 5.41) is 0.480. The summed E-state index contributed by atoms with van der Waals surface area (Å²) >= 11 is 6.22. The van der Waals surface area contributed by atoms with Crippen LogP contribution in [0, 0.1) is 11.8 Å². The molecule has 6 nitrogen and oxygen atoms in total. The molecule has 2 aliphatic rings. The van der Waals surface area contributed by atoms with Crippen molar-refractivity contribution in [3.05, 3.63) is 22.7 Å². The molecule has 1 aromatic rings. The van der Waals surface area contributed by atoms with Crippen LogP contribution >= 0.6 is 11.6 Å². The molecule has 2 heterocycles. The standard InChI is InChI=1S/C16H19ClN2O4/c1-18-15(20)10-7-19(8-11(10)16(18)21)6-9-4-12(17)14(23-3)13(5-9)22-2/h4-5,10-11H,6-8H2,1-3H3/t10-,11+. The van der Waals surface area contributed by atoms with E-state index in [4.69, 9.17) is 21.1 Å². The number of benzene rings is 1. The summed E-state index contributed by atoms with van der Waals surface area (Å²) in [6, 6.07) is 3.70. The zero-order valence-corrected chi connectivity index (χ0v) is 14.1. The number of fused-ring (bicyclic) bond motifs is 1. The van der Waals surface area contributed by atoms with Crippen LogP contribution in [0.15, 0.2) is 12.1 Å². The Morgan fingerprint density at radius 2 is 1.74 bits per heavy atom. The summed E-state index contributed by atoms with van der Waals surface area (Å²) in [6.07, 6.45) is 0. The van der Waals surface area contributed by atoms with Gasteiger partial charge in [-0.05, 0) is 17.7 Å². The smallest absolute Gasteiger partial charge is 0.234 e. The van der Waals surface area contributed by atoms with Crippen molar-refractivity contribution in [2.75, 3.05) is 34.4 Å². The Labute approximate surface area is 139 Å². The molecule has 0 N–H and O–H groups in total. The van der Waals surface area contributed by atoms with E-state index >= 15 is 0 Å². The molecule has 0 saturated carbocycles. The number of nitrogens with zero attached hydrogens (tertiary/aromatic N) is 2. The lowest BCUT2D eigenvalue weighted by atomic mass is 10.00. The molecule has 23 heavy (non-hydrogen) atoms. The first-order valence-electron chi connectivity index (χ1n) is 7.40. The Balaban J connectivity index is 1.76. The molecule has 0 radical (unpaired) electrons. The van der Waals surface area contributed by atoms with E-state index in [-0.39, 0.29) is 23.7 Å². The number of rotatable bonds is 4. The van der Waals surface area contributed by atoms with Gasteiger partial charge in [-0.15, -0.1) is 0 Å². The second-order valence-corrected chi connectivity index (χ2v) is 6.36. The van der Waals surface area contributed by atoms with Crippen LogP contribution in [0.25, 0.3) is 0 Å². The molecule has 3 rings (SSSR count). The van der Waals surface area contributed by atoms with Gasteiger partial charge in [0.2, 0.25) is 11.8 Å². The third kappa shape index (κ3) is 2.66. The fourth-order valence-electron chi connectivity index (χ4n) is 3.44. The number of likely N-dealkylation sites (tertiary alicyclic amines) is 2. The summed E-state index contributed by atoms with van der Waals surface area (Å²) in [4.78, 5) is 27.5. The highest BCUT2D eigenvalue weighted by molar-refractivity contribution is 6.32. The number of halogens is 1. The summed E-state index contributed by atoms with van der Waals surface area (Å²) in [6.45, 7) is 1.79. The molecule has 0 unspecified atom stereocenters. The van der Waals surface area contributed by atoms with Crippen LogP contribution in [0.1, 0.15) is 5.56 Å². The van der Waals surface area contributed by atoms with E-state index in [1.165, 1.54) is 4.90 Å². The number of imide groups is 1. The summed E-state index contributed by atoms with van der Waals surface area (Å²) in [5.74, 6) is 0.483. The maximum Gasteiger partial charge on any atom is 0.234 e. The minimum absolute atomic E-state index is 0.0761. The molecule has 1 aromatic carbocycles. The Kier molecular flexibility index (Phi) is 4.21. The van der Waals surface area contributed by atoms with Crippen LogP contribution in [0.4, 0.5) is 0 Å². The predicted molar refractivity (Wildman–Crippen MR) is 84.6 cm³/mol. The lowest BCUT2D eigenvalue weighted by Crippen LogP contribution is -2.32. The monoisotopic (exact) mass is 338 g/mol. The predicted octanol–water partition coefficient (Wildman–Crippen LogP) is 1.40. The molecule has 0 aromatic heterocycles. The first-order chi connectivity index (χ1) is 11.0. The van der Waals surface area contributed by atoms with Crippen molar-refractivity contribution in [2.45, 2.75) is 6.54 Å². The highest BCUT2D eigenvalue weighted by atomic mass is 35.5. The number of carbonyl (C=O) groups excluding carboxylic acids is 2. The second kappa shape index (κ2) is 6.02. The molecular formula is C16H19ClN2O4. The Bertz CT molecular complexity index is 640. The van der Waals surface area contributed by atoms with Crippen molar-refractivity contribution in [2.24, 2.45) is 11.8 Å². The van der Waals surface area contributed by atoms with E-state index in [0.717, 1.165) is 5.56 Å². The Morgan fingerprint density at radius 1 is 1.13 bits per heavy atom. The fourth-order valence-corrected chi connectivity index (χ4v) is 3.75.